The van der Waals surface area contributed by atoms with Gasteiger partial charge >= 0.3 is 6.09 Å². The molecule has 2 unspecified atom stereocenters. The highest BCUT2D eigenvalue weighted by atomic mass is 16.6. The summed E-state index contributed by atoms with van der Waals surface area (Å²) < 4.78 is 24.2. The first-order valence-corrected chi connectivity index (χ1v) is 12.4. The number of methoxy groups -OCH3 is 2. The predicted molar refractivity (Wildman–Crippen MR) is 141 cm³/mol. The van der Waals surface area contributed by atoms with Gasteiger partial charge in [0.25, 0.3) is 0 Å². The van der Waals surface area contributed by atoms with E-state index in [1.54, 1.807) is 14.2 Å². The quantitative estimate of drug-likeness (QED) is 0.456. The van der Waals surface area contributed by atoms with Crippen LogP contribution in [0.15, 0.2) is 78.9 Å². The molecular weight excluding hydrogens is 470 g/mol. The maximum atomic E-state index is 12.8. The fraction of sp³-hybridized carbons (Fsp3) is 0.367. The average Bonchev–Trinajstić information content (AvgIpc) is 3.27. The van der Waals surface area contributed by atoms with Crippen molar-refractivity contribution in [3.05, 3.63) is 95.6 Å². The zero-order valence-electron chi connectivity index (χ0n) is 22.0. The third-order valence-electron chi connectivity index (χ3n) is 6.37. The Morgan fingerprint density at radius 3 is 1.84 bits per heavy atom. The minimum atomic E-state index is -1.23. The van der Waals surface area contributed by atoms with E-state index in [1.165, 1.54) is 4.90 Å². The Kier molecular flexibility index (Phi) is 7.76. The van der Waals surface area contributed by atoms with Gasteiger partial charge in [-0.15, -0.1) is 0 Å². The van der Waals surface area contributed by atoms with Crippen LogP contribution in [0.25, 0.3) is 0 Å². The predicted octanol–water partition coefficient (Wildman–Crippen LogP) is 4.99. The lowest BCUT2D eigenvalue weighted by atomic mass is 9.78. The van der Waals surface area contributed by atoms with Crippen LogP contribution in [0.1, 0.15) is 37.5 Å². The molecule has 0 spiro atoms. The molecule has 0 bridgehead atoms. The Balaban J connectivity index is 1.88. The molecule has 3 aromatic rings. The Bertz CT molecular complexity index is 1160. The number of hydrogen-bond donors (Lipinski definition) is 1. The highest BCUT2D eigenvalue weighted by molar-refractivity contribution is 5.68. The van der Waals surface area contributed by atoms with Crippen molar-refractivity contribution in [3.8, 4) is 11.5 Å². The lowest BCUT2D eigenvalue weighted by molar-refractivity contribution is -0.0831. The SMILES string of the molecule is COc1ccccc1C(OC1CN(C(=O)OC(C)(C)C)CC1O)(c1ccccc1)c1ccccc1OC. The zero-order valence-corrected chi connectivity index (χ0v) is 22.0. The number of ether oxygens (including phenoxy) is 4. The highest BCUT2D eigenvalue weighted by Gasteiger charge is 2.48. The first kappa shape index (κ1) is 26.5. The minimum Gasteiger partial charge on any atom is -0.496 e. The molecule has 4 rings (SSSR count). The van der Waals surface area contributed by atoms with Crippen molar-refractivity contribution in [2.75, 3.05) is 27.3 Å². The third kappa shape index (κ3) is 5.43. The topological polar surface area (TPSA) is 77.5 Å². The van der Waals surface area contributed by atoms with Gasteiger partial charge < -0.3 is 29.0 Å². The number of benzene rings is 3. The number of carbonyl (C=O) groups is 1. The second kappa shape index (κ2) is 10.8. The maximum absolute atomic E-state index is 12.8. The highest BCUT2D eigenvalue weighted by Crippen LogP contribution is 2.48. The van der Waals surface area contributed by atoms with Crippen molar-refractivity contribution < 1.29 is 28.8 Å². The van der Waals surface area contributed by atoms with E-state index in [0.29, 0.717) is 11.5 Å². The van der Waals surface area contributed by atoms with Crippen LogP contribution in [-0.2, 0) is 15.1 Å². The first-order chi connectivity index (χ1) is 17.7. The molecule has 0 radical (unpaired) electrons. The molecule has 37 heavy (non-hydrogen) atoms. The Hall–Kier alpha value is -3.55. The largest absolute Gasteiger partial charge is 0.496 e. The Morgan fingerprint density at radius 2 is 1.32 bits per heavy atom. The van der Waals surface area contributed by atoms with Crippen LogP contribution >= 0.6 is 0 Å². The fourth-order valence-electron chi connectivity index (χ4n) is 4.77. The molecule has 1 heterocycles. The molecule has 1 fully saturated rings. The van der Waals surface area contributed by atoms with E-state index in [4.69, 9.17) is 18.9 Å². The molecule has 2 atom stereocenters. The van der Waals surface area contributed by atoms with Crippen LogP contribution in [-0.4, -0.2) is 61.2 Å². The number of para-hydroxylation sites is 2. The van der Waals surface area contributed by atoms with Crippen molar-refractivity contribution >= 4 is 6.09 Å². The van der Waals surface area contributed by atoms with Gasteiger partial charge in [0.1, 0.15) is 23.2 Å². The number of carbonyl (C=O) groups excluding carboxylic acids is 1. The summed E-state index contributed by atoms with van der Waals surface area (Å²) in [5.74, 6) is 1.24. The summed E-state index contributed by atoms with van der Waals surface area (Å²) in [6.07, 6.45) is -2.14. The van der Waals surface area contributed by atoms with Crippen LogP contribution in [0.2, 0.25) is 0 Å². The molecule has 1 aliphatic heterocycles. The Labute approximate surface area is 218 Å². The van der Waals surface area contributed by atoms with Gasteiger partial charge in [0, 0.05) is 11.1 Å². The summed E-state index contributed by atoms with van der Waals surface area (Å²) in [6.45, 7) is 5.71. The molecular formula is C30H35NO6. The van der Waals surface area contributed by atoms with Crippen LogP contribution in [0.3, 0.4) is 0 Å². The molecule has 7 nitrogen and oxygen atoms in total. The van der Waals surface area contributed by atoms with E-state index in [2.05, 4.69) is 0 Å². The number of aliphatic hydroxyl groups excluding tert-OH is 1. The van der Waals surface area contributed by atoms with Crippen LogP contribution in [0.5, 0.6) is 11.5 Å². The molecule has 1 aliphatic rings. The van der Waals surface area contributed by atoms with E-state index in [9.17, 15) is 9.90 Å². The van der Waals surface area contributed by atoms with E-state index < -0.39 is 29.5 Å². The lowest BCUT2D eigenvalue weighted by Crippen LogP contribution is -2.42. The number of rotatable bonds is 7. The van der Waals surface area contributed by atoms with Gasteiger partial charge in [0.15, 0.2) is 5.60 Å². The van der Waals surface area contributed by atoms with Crippen LogP contribution in [0.4, 0.5) is 4.79 Å². The van der Waals surface area contributed by atoms with Crippen molar-refractivity contribution in [1.29, 1.82) is 0 Å². The van der Waals surface area contributed by atoms with Crippen LogP contribution < -0.4 is 9.47 Å². The summed E-state index contributed by atoms with van der Waals surface area (Å²) in [6, 6.07) is 25.1. The molecule has 1 N–H and O–H groups in total. The number of aliphatic hydroxyl groups is 1. The summed E-state index contributed by atoms with van der Waals surface area (Å²) in [5.41, 5.74) is 0.443. The van der Waals surface area contributed by atoms with E-state index in [1.807, 2.05) is 99.6 Å². The van der Waals surface area contributed by atoms with Gasteiger partial charge in [-0.05, 0) is 38.5 Å². The number of nitrogens with zero attached hydrogens (tertiary/aromatic N) is 1. The van der Waals surface area contributed by atoms with Gasteiger partial charge in [-0.3, -0.25) is 0 Å². The fourth-order valence-corrected chi connectivity index (χ4v) is 4.77. The summed E-state index contributed by atoms with van der Waals surface area (Å²) in [4.78, 5) is 14.3. The maximum Gasteiger partial charge on any atom is 0.410 e. The van der Waals surface area contributed by atoms with E-state index in [-0.39, 0.29) is 13.1 Å². The van der Waals surface area contributed by atoms with Gasteiger partial charge in [0.05, 0.1) is 33.4 Å². The van der Waals surface area contributed by atoms with Gasteiger partial charge in [-0.2, -0.15) is 0 Å². The molecule has 0 aliphatic carbocycles. The number of amides is 1. The Morgan fingerprint density at radius 1 is 0.811 bits per heavy atom. The van der Waals surface area contributed by atoms with Gasteiger partial charge in [-0.1, -0.05) is 66.7 Å². The standard InChI is InChI=1S/C30H35NO6/c1-29(2,3)37-28(33)31-19-24(32)27(20-31)36-30(21-13-7-6-8-14-21,22-15-9-11-17-25(22)34-4)23-16-10-12-18-26(23)35-5/h6-18,24,27,32H,19-20H2,1-5H3. The van der Waals surface area contributed by atoms with Crippen molar-refractivity contribution in [3.63, 3.8) is 0 Å². The monoisotopic (exact) mass is 505 g/mol. The molecule has 0 aromatic heterocycles. The second-order valence-electron chi connectivity index (χ2n) is 10.1. The molecule has 7 heteroatoms. The summed E-state index contributed by atoms with van der Waals surface area (Å²) >= 11 is 0. The smallest absolute Gasteiger partial charge is 0.410 e. The minimum absolute atomic E-state index is 0.0995. The molecule has 1 amide bonds. The third-order valence-corrected chi connectivity index (χ3v) is 6.37. The van der Waals surface area contributed by atoms with Gasteiger partial charge in [-0.25, -0.2) is 4.79 Å². The summed E-state index contributed by atoms with van der Waals surface area (Å²) in [5, 5.41) is 11.1. The molecule has 196 valence electrons. The van der Waals surface area contributed by atoms with Crippen LogP contribution in [0, 0.1) is 0 Å². The van der Waals surface area contributed by atoms with Gasteiger partial charge in [0.2, 0.25) is 0 Å². The van der Waals surface area contributed by atoms with E-state index >= 15 is 0 Å². The normalized spacial score (nSPS) is 17.9. The molecule has 1 saturated heterocycles. The number of likely N-dealkylation sites (tertiary alicyclic amines) is 1. The first-order valence-electron chi connectivity index (χ1n) is 12.4. The van der Waals surface area contributed by atoms with Crippen molar-refractivity contribution in [2.24, 2.45) is 0 Å². The number of β-amino-alcohol motifs (C(OH)–C–C–N with tert-alkyl or cyclic N) is 1. The van der Waals surface area contributed by atoms with E-state index in [0.717, 1.165) is 16.7 Å². The van der Waals surface area contributed by atoms with Crippen molar-refractivity contribution in [1.82, 2.24) is 4.90 Å². The summed E-state index contributed by atoms with van der Waals surface area (Å²) in [7, 11) is 3.23. The zero-order chi connectivity index (χ0) is 26.6. The van der Waals surface area contributed by atoms with Crippen molar-refractivity contribution in [2.45, 2.75) is 44.2 Å². The second-order valence-corrected chi connectivity index (χ2v) is 10.1. The molecule has 0 saturated carbocycles. The molecule has 3 aromatic carbocycles. The number of hydrogen-bond acceptors (Lipinski definition) is 6. The average molecular weight is 506 g/mol. The lowest BCUT2D eigenvalue weighted by Gasteiger charge is -2.39.